The van der Waals surface area contributed by atoms with Gasteiger partial charge in [0.2, 0.25) is 0 Å². The van der Waals surface area contributed by atoms with Crippen molar-refractivity contribution in [1.82, 2.24) is 19.3 Å². The third-order valence-electron chi connectivity index (χ3n) is 3.24. The van der Waals surface area contributed by atoms with Gasteiger partial charge in [0.05, 0.1) is 25.0 Å². The molecule has 0 bridgehead atoms. The average molecular weight is 284 g/mol. The van der Waals surface area contributed by atoms with Crippen molar-refractivity contribution in [3.63, 3.8) is 0 Å². The predicted octanol–water partition coefficient (Wildman–Crippen LogP) is 1.62. The smallest absolute Gasteiger partial charge is 0.264 e. The second kappa shape index (κ2) is 5.88. The molecule has 0 fully saturated rings. The lowest BCUT2D eigenvalue weighted by molar-refractivity contribution is 0.138. The number of hydrogen-bond acceptors (Lipinski definition) is 4. The molecule has 2 heterocycles. The van der Waals surface area contributed by atoms with Gasteiger partial charge in [0.15, 0.2) is 5.65 Å². The second-order valence-corrected chi connectivity index (χ2v) is 4.57. The molecule has 3 rings (SSSR count). The quantitative estimate of drug-likeness (QED) is 0.668. The molecule has 2 aromatic heterocycles. The molecule has 1 aromatic carbocycles. The summed E-state index contributed by atoms with van der Waals surface area (Å²) < 4.78 is 8.49. The SMILES string of the molecule is CCOCCn1cnc2c(cnn2-c2ccccc2)c1=O. The molecule has 0 saturated carbocycles. The van der Waals surface area contributed by atoms with Gasteiger partial charge >= 0.3 is 0 Å². The fourth-order valence-electron chi connectivity index (χ4n) is 2.17. The summed E-state index contributed by atoms with van der Waals surface area (Å²) in [6.07, 6.45) is 3.11. The van der Waals surface area contributed by atoms with Crippen LogP contribution in [0.5, 0.6) is 0 Å². The molecule has 0 N–H and O–H groups in total. The van der Waals surface area contributed by atoms with E-state index >= 15 is 0 Å². The van der Waals surface area contributed by atoms with Gasteiger partial charge in [-0.25, -0.2) is 9.67 Å². The Morgan fingerprint density at radius 2 is 2.05 bits per heavy atom. The molecule has 0 radical (unpaired) electrons. The van der Waals surface area contributed by atoms with Gasteiger partial charge in [0, 0.05) is 6.61 Å². The molecule has 0 spiro atoms. The molecule has 0 unspecified atom stereocenters. The maximum atomic E-state index is 12.4. The van der Waals surface area contributed by atoms with E-state index in [4.69, 9.17) is 4.74 Å². The predicted molar refractivity (Wildman–Crippen MR) is 79.6 cm³/mol. The average Bonchev–Trinajstić information content (AvgIpc) is 2.95. The Bertz CT molecular complexity index is 792. The van der Waals surface area contributed by atoms with E-state index in [2.05, 4.69) is 10.1 Å². The first-order chi connectivity index (χ1) is 10.3. The van der Waals surface area contributed by atoms with E-state index in [1.165, 1.54) is 0 Å². The third kappa shape index (κ3) is 2.57. The highest BCUT2D eigenvalue weighted by Gasteiger charge is 2.10. The minimum absolute atomic E-state index is 0.0955. The Morgan fingerprint density at radius 1 is 1.24 bits per heavy atom. The van der Waals surface area contributed by atoms with E-state index in [1.54, 1.807) is 21.8 Å². The van der Waals surface area contributed by atoms with Crippen LogP contribution >= 0.6 is 0 Å². The van der Waals surface area contributed by atoms with E-state index in [9.17, 15) is 4.79 Å². The molecule has 0 aliphatic heterocycles. The molecule has 0 atom stereocenters. The molecule has 6 nitrogen and oxygen atoms in total. The van der Waals surface area contributed by atoms with Crippen molar-refractivity contribution in [3.05, 3.63) is 53.2 Å². The number of fused-ring (bicyclic) bond motifs is 1. The minimum Gasteiger partial charge on any atom is -0.380 e. The number of rotatable bonds is 5. The van der Waals surface area contributed by atoms with Gasteiger partial charge in [0.25, 0.3) is 5.56 Å². The molecule has 0 aliphatic carbocycles. The third-order valence-corrected chi connectivity index (χ3v) is 3.24. The Balaban J connectivity index is 2.01. The maximum absolute atomic E-state index is 12.4. The lowest BCUT2D eigenvalue weighted by Gasteiger charge is -2.06. The van der Waals surface area contributed by atoms with Gasteiger partial charge in [0.1, 0.15) is 11.7 Å². The molecular formula is C15H16N4O2. The zero-order chi connectivity index (χ0) is 14.7. The van der Waals surface area contributed by atoms with Gasteiger partial charge in [-0.2, -0.15) is 5.10 Å². The van der Waals surface area contributed by atoms with Crippen molar-refractivity contribution in [3.8, 4) is 5.69 Å². The van der Waals surface area contributed by atoms with Crippen LogP contribution in [0.3, 0.4) is 0 Å². The highest BCUT2D eigenvalue weighted by molar-refractivity contribution is 5.74. The van der Waals surface area contributed by atoms with Crippen LogP contribution in [0.25, 0.3) is 16.7 Å². The van der Waals surface area contributed by atoms with Crippen LogP contribution in [0.2, 0.25) is 0 Å². The van der Waals surface area contributed by atoms with Gasteiger partial charge in [-0.3, -0.25) is 9.36 Å². The van der Waals surface area contributed by atoms with Gasteiger partial charge in [-0.05, 0) is 19.1 Å². The molecule has 0 saturated heterocycles. The topological polar surface area (TPSA) is 61.9 Å². The van der Waals surface area contributed by atoms with Gasteiger partial charge in [-0.15, -0.1) is 0 Å². The van der Waals surface area contributed by atoms with E-state index in [0.29, 0.717) is 30.8 Å². The Kier molecular flexibility index (Phi) is 3.79. The molecule has 21 heavy (non-hydrogen) atoms. The zero-order valence-electron chi connectivity index (χ0n) is 11.8. The number of para-hydroxylation sites is 1. The Labute approximate surface area is 121 Å². The van der Waals surface area contributed by atoms with E-state index < -0.39 is 0 Å². The highest BCUT2D eigenvalue weighted by atomic mass is 16.5. The summed E-state index contributed by atoms with van der Waals surface area (Å²) in [7, 11) is 0. The first-order valence-corrected chi connectivity index (χ1v) is 6.87. The van der Waals surface area contributed by atoms with Gasteiger partial charge in [-0.1, -0.05) is 18.2 Å². The van der Waals surface area contributed by atoms with Crippen LogP contribution in [-0.4, -0.2) is 32.5 Å². The van der Waals surface area contributed by atoms with Crippen molar-refractivity contribution >= 4 is 11.0 Å². The lowest BCUT2D eigenvalue weighted by Crippen LogP contribution is -2.22. The summed E-state index contributed by atoms with van der Waals surface area (Å²) in [5.41, 5.74) is 1.35. The molecule has 6 heteroatoms. The number of hydrogen-bond donors (Lipinski definition) is 0. The summed E-state index contributed by atoms with van der Waals surface area (Å²) in [5, 5.41) is 4.79. The summed E-state index contributed by atoms with van der Waals surface area (Å²) in [4.78, 5) is 16.7. The van der Waals surface area contributed by atoms with Crippen molar-refractivity contribution in [2.45, 2.75) is 13.5 Å². The zero-order valence-corrected chi connectivity index (χ0v) is 11.8. The van der Waals surface area contributed by atoms with Crippen molar-refractivity contribution < 1.29 is 4.74 Å². The number of nitrogens with zero attached hydrogens (tertiary/aromatic N) is 4. The first-order valence-electron chi connectivity index (χ1n) is 6.87. The monoisotopic (exact) mass is 284 g/mol. The molecule has 0 amide bonds. The normalized spacial score (nSPS) is 11.1. The summed E-state index contributed by atoms with van der Waals surface area (Å²) in [6, 6.07) is 9.63. The van der Waals surface area contributed by atoms with Crippen LogP contribution in [0.15, 0.2) is 47.7 Å². The highest BCUT2D eigenvalue weighted by Crippen LogP contribution is 2.12. The standard InChI is InChI=1S/C15H16N4O2/c1-2-21-9-8-18-11-16-14-13(15(18)20)10-17-19(14)12-6-4-3-5-7-12/h3-7,10-11H,2,8-9H2,1H3. The number of aromatic nitrogens is 4. The summed E-state index contributed by atoms with van der Waals surface area (Å²) in [6.45, 7) is 3.55. The van der Waals surface area contributed by atoms with Gasteiger partial charge < -0.3 is 4.74 Å². The number of benzene rings is 1. The Morgan fingerprint density at radius 3 is 2.81 bits per heavy atom. The molecule has 108 valence electrons. The van der Waals surface area contributed by atoms with Crippen molar-refractivity contribution in [1.29, 1.82) is 0 Å². The number of ether oxygens (including phenoxy) is 1. The van der Waals surface area contributed by atoms with E-state index in [0.717, 1.165) is 5.69 Å². The largest absolute Gasteiger partial charge is 0.380 e. The minimum atomic E-state index is -0.0955. The first kappa shape index (κ1) is 13.5. The van der Waals surface area contributed by atoms with Crippen LogP contribution < -0.4 is 5.56 Å². The van der Waals surface area contributed by atoms with Crippen LogP contribution in [0.4, 0.5) is 0 Å². The van der Waals surface area contributed by atoms with Crippen LogP contribution in [0.1, 0.15) is 6.92 Å². The van der Waals surface area contributed by atoms with E-state index in [1.807, 2.05) is 37.3 Å². The van der Waals surface area contributed by atoms with Crippen LogP contribution in [-0.2, 0) is 11.3 Å². The Hall–Kier alpha value is -2.47. The summed E-state index contributed by atoms with van der Waals surface area (Å²) in [5.74, 6) is 0. The maximum Gasteiger partial charge on any atom is 0.264 e. The molecule has 3 aromatic rings. The van der Waals surface area contributed by atoms with E-state index in [-0.39, 0.29) is 5.56 Å². The molecule has 0 aliphatic rings. The van der Waals surface area contributed by atoms with Crippen molar-refractivity contribution in [2.24, 2.45) is 0 Å². The van der Waals surface area contributed by atoms with Crippen molar-refractivity contribution in [2.75, 3.05) is 13.2 Å². The summed E-state index contributed by atoms with van der Waals surface area (Å²) >= 11 is 0. The second-order valence-electron chi connectivity index (χ2n) is 4.57. The molecular weight excluding hydrogens is 268 g/mol. The fraction of sp³-hybridized carbons (Fsp3) is 0.267. The lowest BCUT2D eigenvalue weighted by atomic mass is 10.3. The van der Waals surface area contributed by atoms with Crippen LogP contribution in [0, 0.1) is 0 Å². The fourth-order valence-corrected chi connectivity index (χ4v) is 2.17.